The molecule has 3 N–H and O–H groups in total. The van der Waals surface area contributed by atoms with Crippen molar-refractivity contribution < 1.29 is 4.79 Å². The van der Waals surface area contributed by atoms with Gasteiger partial charge in [-0.05, 0) is 37.7 Å². The number of anilines is 2. The average molecular weight is 384 g/mol. The Labute approximate surface area is 159 Å². The maximum Gasteiger partial charge on any atom is 0.323 e. The highest BCUT2D eigenvalue weighted by Crippen LogP contribution is 2.39. The number of aromatic amines is 1. The number of hydrogen-bond donors (Lipinski definition) is 3. The second-order valence-electron chi connectivity index (χ2n) is 7.27. The van der Waals surface area contributed by atoms with Crippen molar-refractivity contribution in [1.29, 1.82) is 0 Å². The third-order valence-electron chi connectivity index (χ3n) is 5.48. The average Bonchev–Trinajstić information content (AvgIpc) is 3.37. The predicted octanol–water partition coefficient (Wildman–Crippen LogP) is 2.47. The van der Waals surface area contributed by atoms with Gasteiger partial charge in [0.1, 0.15) is 22.8 Å². The Kier molecular flexibility index (Phi) is 3.92. The molecule has 3 aromatic rings. The van der Waals surface area contributed by atoms with Crippen molar-refractivity contribution in [3.05, 3.63) is 23.6 Å². The number of rotatable bonds is 3. The molecule has 4 heterocycles. The van der Waals surface area contributed by atoms with Crippen LogP contribution in [0.5, 0.6) is 0 Å². The summed E-state index contributed by atoms with van der Waals surface area (Å²) >= 11 is 1.33. The first-order valence-corrected chi connectivity index (χ1v) is 9.94. The number of nitrogens with one attached hydrogen (secondary N) is 3. The molecule has 0 spiro atoms. The molecule has 27 heavy (non-hydrogen) atoms. The van der Waals surface area contributed by atoms with Gasteiger partial charge in [-0.15, -0.1) is 10.2 Å². The summed E-state index contributed by atoms with van der Waals surface area (Å²) in [7, 11) is 0. The van der Waals surface area contributed by atoms with Gasteiger partial charge in [-0.1, -0.05) is 11.3 Å². The smallest absolute Gasteiger partial charge is 0.323 e. The van der Waals surface area contributed by atoms with Crippen LogP contribution in [-0.4, -0.2) is 55.2 Å². The van der Waals surface area contributed by atoms with Crippen LogP contribution in [-0.2, 0) is 0 Å². The lowest BCUT2D eigenvalue weighted by molar-refractivity contribution is 0.218. The van der Waals surface area contributed by atoms with Crippen LogP contribution < -0.4 is 10.6 Å². The van der Waals surface area contributed by atoms with E-state index in [9.17, 15) is 4.79 Å². The monoisotopic (exact) mass is 384 g/mol. The first kappa shape index (κ1) is 16.4. The van der Waals surface area contributed by atoms with Gasteiger partial charge in [0.25, 0.3) is 0 Å². The second-order valence-corrected chi connectivity index (χ2v) is 8.10. The molecule has 0 aromatic carbocycles. The Bertz CT molecular complexity index is 957. The fourth-order valence-electron chi connectivity index (χ4n) is 4.34. The quantitative estimate of drug-likeness (QED) is 0.640. The molecule has 1 unspecified atom stereocenters. The van der Waals surface area contributed by atoms with Crippen LogP contribution in [0.2, 0.25) is 0 Å². The van der Waals surface area contributed by atoms with Crippen LogP contribution >= 0.6 is 11.3 Å². The summed E-state index contributed by atoms with van der Waals surface area (Å²) < 4.78 is 0. The number of urea groups is 1. The molecule has 1 aliphatic heterocycles. The minimum atomic E-state index is -0.0777. The topological polar surface area (TPSA) is 112 Å². The number of aromatic nitrogens is 5. The van der Waals surface area contributed by atoms with Gasteiger partial charge in [0.2, 0.25) is 5.13 Å². The van der Waals surface area contributed by atoms with Crippen molar-refractivity contribution in [2.24, 2.45) is 11.8 Å². The van der Waals surface area contributed by atoms with Gasteiger partial charge in [-0.25, -0.2) is 14.8 Å². The lowest BCUT2D eigenvalue weighted by Crippen LogP contribution is -2.34. The summed E-state index contributed by atoms with van der Waals surface area (Å²) in [5, 5.41) is 15.6. The van der Waals surface area contributed by atoms with E-state index in [0.717, 1.165) is 48.6 Å². The highest BCUT2D eigenvalue weighted by molar-refractivity contribution is 7.13. The van der Waals surface area contributed by atoms with Gasteiger partial charge in [0, 0.05) is 25.3 Å². The number of carbonyl (C=O) groups excluding carboxylic acids is 1. The molecule has 3 aromatic heterocycles. The van der Waals surface area contributed by atoms with E-state index in [2.05, 4.69) is 35.8 Å². The Morgan fingerprint density at radius 1 is 1.30 bits per heavy atom. The largest absolute Gasteiger partial charge is 0.367 e. The van der Waals surface area contributed by atoms with E-state index in [0.29, 0.717) is 23.0 Å². The second kappa shape index (κ2) is 6.45. The summed E-state index contributed by atoms with van der Waals surface area (Å²) in [6.45, 7) is 3.48. The van der Waals surface area contributed by atoms with E-state index >= 15 is 0 Å². The van der Waals surface area contributed by atoms with E-state index in [1.54, 1.807) is 5.51 Å². The molecule has 0 bridgehead atoms. The zero-order chi connectivity index (χ0) is 18.4. The molecule has 2 fully saturated rings. The number of aryl methyl sites for hydroxylation is 1. The number of nitrogens with zero attached hydrogens (tertiary/aromatic N) is 5. The molecule has 140 valence electrons. The Hall–Kier alpha value is -2.75. The molecule has 2 amide bonds. The number of fused-ring (bicyclic) bond motifs is 2. The van der Waals surface area contributed by atoms with E-state index in [1.165, 1.54) is 11.3 Å². The van der Waals surface area contributed by atoms with Gasteiger partial charge in [0.05, 0.1) is 5.39 Å². The highest BCUT2D eigenvalue weighted by atomic mass is 32.1. The van der Waals surface area contributed by atoms with Crippen LogP contribution in [0.25, 0.3) is 11.0 Å². The van der Waals surface area contributed by atoms with Gasteiger partial charge in [-0.2, -0.15) is 0 Å². The first-order chi connectivity index (χ1) is 13.2. The molecule has 1 saturated carbocycles. The van der Waals surface area contributed by atoms with Crippen molar-refractivity contribution >= 4 is 39.4 Å². The number of H-pyrrole nitrogens is 1. The van der Waals surface area contributed by atoms with Gasteiger partial charge in [0.15, 0.2) is 0 Å². The van der Waals surface area contributed by atoms with Gasteiger partial charge < -0.3 is 15.2 Å². The normalized spacial score (nSPS) is 24.3. The van der Waals surface area contributed by atoms with E-state index in [-0.39, 0.29) is 6.03 Å². The third-order valence-corrected chi connectivity index (χ3v) is 6.09. The summed E-state index contributed by atoms with van der Waals surface area (Å²) in [5.41, 5.74) is 2.48. The van der Waals surface area contributed by atoms with Crippen LogP contribution in [0.1, 0.15) is 18.7 Å². The number of likely N-dealkylation sites (tertiary alicyclic amines) is 1. The molecule has 0 radical (unpaired) electrons. The fraction of sp³-hybridized carbons (Fsp3) is 0.471. The van der Waals surface area contributed by atoms with E-state index in [4.69, 9.17) is 0 Å². The molecule has 1 aliphatic carbocycles. The Balaban J connectivity index is 1.22. The maximum absolute atomic E-state index is 12.4. The highest BCUT2D eigenvalue weighted by Gasteiger charge is 2.42. The third kappa shape index (κ3) is 3.09. The number of amides is 2. The Morgan fingerprint density at radius 3 is 2.85 bits per heavy atom. The first-order valence-electron chi connectivity index (χ1n) is 9.06. The van der Waals surface area contributed by atoms with Gasteiger partial charge in [-0.3, -0.25) is 5.32 Å². The summed E-state index contributed by atoms with van der Waals surface area (Å²) in [6.07, 6.45) is 3.98. The maximum atomic E-state index is 12.4. The zero-order valence-corrected chi connectivity index (χ0v) is 15.7. The lowest BCUT2D eigenvalue weighted by Gasteiger charge is -2.20. The fourth-order valence-corrected chi connectivity index (χ4v) is 4.77. The molecule has 2 aliphatic rings. The van der Waals surface area contributed by atoms with Crippen molar-refractivity contribution in [3.63, 3.8) is 0 Å². The number of carbonyl (C=O) groups is 1. The zero-order valence-electron chi connectivity index (χ0n) is 14.8. The van der Waals surface area contributed by atoms with Gasteiger partial charge >= 0.3 is 6.03 Å². The van der Waals surface area contributed by atoms with Crippen molar-refractivity contribution in [3.8, 4) is 0 Å². The van der Waals surface area contributed by atoms with Crippen LogP contribution in [0.4, 0.5) is 15.7 Å². The SMILES string of the molecule is Cc1nc(NC2C[C@@H]3CN(C(=O)Nc4nncs4)C[C@@H]3C2)c2cc[nH]c2n1. The molecular formula is C17H20N8OS. The number of hydrogen-bond acceptors (Lipinski definition) is 7. The molecular weight excluding hydrogens is 364 g/mol. The van der Waals surface area contributed by atoms with Crippen LogP contribution in [0.3, 0.4) is 0 Å². The molecule has 10 heteroatoms. The molecule has 9 nitrogen and oxygen atoms in total. The van der Waals surface area contributed by atoms with Crippen molar-refractivity contribution in [1.82, 2.24) is 30.0 Å². The van der Waals surface area contributed by atoms with Crippen LogP contribution in [0, 0.1) is 18.8 Å². The van der Waals surface area contributed by atoms with E-state index in [1.807, 2.05) is 24.1 Å². The molecule has 3 atom stereocenters. The van der Waals surface area contributed by atoms with Crippen molar-refractivity contribution in [2.45, 2.75) is 25.8 Å². The van der Waals surface area contributed by atoms with Crippen molar-refractivity contribution in [2.75, 3.05) is 23.7 Å². The summed E-state index contributed by atoms with van der Waals surface area (Å²) in [5.74, 6) is 2.69. The Morgan fingerprint density at radius 2 is 2.11 bits per heavy atom. The van der Waals surface area contributed by atoms with E-state index < -0.39 is 0 Å². The minimum absolute atomic E-state index is 0.0777. The minimum Gasteiger partial charge on any atom is -0.367 e. The molecule has 1 saturated heterocycles. The molecule has 5 rings (SSSR count). The van der Waals surface area contributed by atoms with Crippen LogP contribution in [0.15, 0.2) is 17.8 Å². The lowest BCUT2D eigenvalue weighted by atomic mass is 10.0. The standard InChI is InChI=1S/C17H20N8OS/c1-9-20-14-13(2-3-18-14)15(21-9)22-12-4-10-6-25(7-11(10)5-12)17(26)23-16-24-19-8-27-16/h2-3,8,10-12H,4-7H2,1H3,(H,23,24,26)(H2,18,20,21,22)/t10-,11+,12?. The predicted molar refractivity (Wildman–Crippen MR) is 103 cm³/mol. The summed E-state index contributed by atoms with van der Waals surface area (Å²) in [4.78, 5) is 26.4. The summed E-state index contributed by atoms with van der Waals surface area (Å²) in [6, 6.07) is 2.30.